The summed E-state index contributed by atoms with van der Waals surface area (Å²) in [5, 5.41) is 14.9. The van der Waals surface area contributed by atoms with Crippen molar-refractivity contribution in [1.29, 1.82) is 0 Å². The van der Waals surface area contributed by atoms with Crippen LogP contribution in [0.15, 0.2) is 5.16 Å². The molecule has 0 bridgehead atoms. The van der Waals surface area contributed by atoms with Gasteiger partial charge in [0.1, 0.15) is 0 Å². The third-order valence-corrected chi connectivity index (χ3v) is 4.98. The fourth-order valence-corrected chi connectivity index (χ4v) is 3.17. The first kappa shape index (κ1) is 14.3. The maximum atomic E-state index is 12.0. The van der Waals surface area contributed by atoms with E-state index < -0.39 is 0 Å². The zero-order chi connectivity index (χ0) is 13.8. The SMILES string of the molecule is C[C@@H]1[C@@H](NC(=O)CSc2nnnn2C)CCC[C@@H]1C. The van der Waals surface area contributed by atoms with Crippen LogP contribution in [0, 0.1) is 11.8 Å². The highest BCUT2D eigenvalue weighted by atomic mass is 32.2. The number of nitrogens with one attached hydrogen (secondary N) is 1. The zero-order valence-electron chi connectivity index (χ0n) is 11.7. The summed E-state index contributed by atoms with van der Waals surface area (Å²) in [7, 11) is 1.77. The van der Waals surface area contributed by atoms with E-state index >= 15 is 0 Å². The smallest absolute Gasteiger partial charge is 0.230 e. The minimum atomic E-state index is 0.0685. The Hall–Kier alpha value is -1.11. The Morgan fingerprint density at radius 1 is 1.47 bits per heavy atom. The van der Waals surface area contributed by atoms with Crippen LogP contribution >= 0.6 is 11.8 Å². The van der Waals surface area contributed by atoms with Crippen molar-refractivity contribution in [2.24, 2.45) is 18.9 Å². The molecule has 0 saturated heterocycles. The molecule has 106 valence electrons. The van der Waals surface area contributed by atoms with E-state index in [1.807, 2.05) is 0 Å². The highest BCUT2D eigenvalue weighted by Crippen LogP contribution is 2.29. The highest BCUT2D eigenvalue weighted by Gasteiger charge is 2.28. The minimum absolute atomic E-state index is 0.0685. The second kappa shape index (κ2) is 6.36. The Balaban J connectivity index is 1.79. The molecule has 0 aromatic carbocycles. The first-order valence-corrected chi connectivity index (χ1v) is 7.71. The number of aryl methyl sites for hydroxylation is 1. The van der Waals surface area contributed by atoms with Gasteiger partial charge in [-0.25, -0.2) is 4.68 Å². The zero-order valence-corrected chi connectivity index (χ0v) is 12.5. The lowest BCUT2D eigenvalue weighted by Crippen LogP contribution is -2.44. The van der Waals surface area contributed by atoms with Crippen molar-refractivity contribution >= 4 is 17.7 Å². The van der Waals surface area contributed by atoms with Crippen LogP contribution in [0.25, 0.3) is 0 Å². The van der Waals surface area contributed by atoms with Crippen LogP contribution in [0.2, 0.25) is 0 Å². The number of carbonyl (C=O) groups is 1. The summed E-state index contributed by atoms with van der Waals surface area (Å²) in [6, 6.07) is 0.314. The van der Waals surface area contributed by atoms with Crippen LogP contribution in [0.1, 0.15) is 33.1 Å². The third-order valence-electron chi connectivity index (χ3n) is 3.97. The molecule has 0 aliphatic heterocycles. The molecule has 1 amide bonds. The number of carbonyl (C=O) groups excluding carboxylic acids is 1. The van der Waals surface area contributed by atoms with E-state index in [1.165, 1.54) is 24.6 Å². The molecule has 1 N–H and O–H groups in total. The lowest BCUT2D eigenvalue weighted by molar-refractivity contribution is -0.120. The summed E-state index contributed by atoms with van der Waals surface area (Å²) < 4.78 is 1.57. The highest BCUT2D eigenvalue weighted by molar-refractivity contribution is 7.99. The van der Waals surface area contributed by atoms with Crippen LogP contribution in [0.4, 0.5) is 0 Å². The average molecular weight is 283 g/mol. The number of aromatic nitrogens is 4. The quantitative estimate of drug-likeness (QED) is 0.842. The molecule has 1 aliphatic rings. The van der Waals surface area contributed by atoms with Gasteiger partial charge in [0.05, 0.1) is 5.75 Å². The van der Waals surface area contributed by atoms with Gasteiger partial charge in [-0.3, -0.25) is 4.79 Å². The Morgan fingerprint density at radius 3 is 2.95 bits per heavy atom. The van der Waals surface area contributed by atoms with E-state index in [0.717, 1.165) is 6.42 Å². The van der Waals surface area contributed by atoms with E-state index in [0.29, 0.717) is 28.8 Å². The molecule has 1 heterocycles. The summed E-state index contributed by atoms with van der Waals surface area (Å²) in [5.74, 6) is 1.68. The molecule has 1 aromatic heterocycles. The third kappa shape index (κ3) is 3.68. The van der Waals surface area contributed by atoms with E-state index in [2.05, 4.69) is 34.7 Å². The summed E-state index contributed by atoms with van der Waals surface area (Å²) in [6.07, 6.45) is 3.57. The maximum Gasteiger partial charge on any atom is 0.230 e. The monoisotopic (exact) mass is 283 g/mol. The lowest BCUT2D eigenvalue weighted by atomic mass is 9.78. The number of rotatable bonds is 4. The Bertz CT molecular complexity index is 436. The van der Waals surface area contributed by atoms with Crippen molar-refractivity contribution in [1.82, 2.24) is 25.5 Å². The van der Waals surface area contributed by atoms with Crippen LogP contribution in [0.5, 0.6) is 0 Å². The van der Waals surface area contributed by atoms with E-state index in [4.69, 9.17) is 0 Å². The Morgan fingerprint density at radius 2 is 2.26 bits per heavy atom. The molecule has 0 spiro atoms. The summed E-state index contributed by atoms with van der Waals surface area (Å²) in [5.41, 5.74) is 0. The normalized spacial score (nSPS) is 27.2. The first-order valence-electron chi connectivity index (χ1n) is 6.72. The second-order valence-corrected chi connectivity index (χ2v) is 6.26. The van der Waals surface area contributed by atoms with Gasteiger partial charge >= 0.3 is 0 Å². The van der Waals surface area contributed by atoms with Gasteiger partial charge in [0.25, 0.3) is 0 Å². The molecular weight excluding hydrogens is 262 g/mol. The summed E-state index contributed by atoms with van der Waals surface area (Å²) >= 11 is 1.37. The topological polar surface area (TPSA) is 72.7 Å². The number of thioether (sulfide) groups is 1. The van der Waals surface area contributed by atoms with Gasteiger partial charge in [-0.05, 0) is 28.7 Å². The predicted molar refractivity (Wildman–Crippen MR) is 73.6 cm³/mol. The Labute approximate surface area is 117 Å². The molecule has 19 heavy (non-hydrogen) atoms. The van der Waals surface area contributed by atoms with Crippen LogP contribution in [-0.4, -0.2) is 37.9 Å². The van der Waals surface area contributed by atoms with E-state index in [-0.39, 0.29) is 5.91 Å². The number of hydrogen-bond donors (Lipinski definition) is 1. The van der Waals surface area contributed by atoms with Gasteiger partial charge in [-0.2, -0.15) is 0 Å². The molecule has 0 radical (unpaired) electrons. The standard InChI is InChI=1S/C12H21N5OS/c1-8-5-4-6-10(9(8)2)13-11(18)7-19-12-14-15-16-17(12)3/h8-10H,4-7H2,1-3H3,(H,13,18)/t8-,9-,10-/m0/s1. The number of tetrazole rings is 1. The van der Waals surface area contributed by atoms with Crippen molar-refractivity contribution in [3.8, 4) is 0 Å². The van der Waals surface area contributed by atoms with Crippen LogP contribution in [0.3, 0.4) is 0 Å². The number of hydrogen-bond acceptors (Lipinski definition) is 5. The van der Waals surface area contributed by atoms with Crippen molar-refractivity contribution in [2.45, 2.75) is 44.3 Å². The van der Waals surface area contributed by atoms with Gasteiger partial charge in [0.15, 0.2) is 0 Å². The van der Waals surface area contributed by atoms with Crippen LogP contribution < -0.4 is 5.32 Å². The summed E-state index contributed by atoms with van der Waals surface area (Å²) in [4.78, 5) is 12.0. The fourth-order valence-electron chi connectivity index (χ4n) is 2.51. The molecule has 1 fully saturated rings. The molecule has 6 nitrogen and oxygen atoms in total. The summed E-state index contributed by atoms with van der Waals surface area (Å²) in [6.45, 7) is 4.50. The first-order chi connectivity index (χ1) is 9.08. The molecule has 3 atom stereocenters. The molecule has 1 aliphatic carbocycles. The number of amides is 1. The largest absolute Gasteiger partial charge is 0.352 e. The maximum absolute atomic E-state index is 12.0. The van der Waals surface area contributed by atoms with Crippen LogP contribution in [-0.2, 0) is 11.8 Å². The van der Waals surface area contributed by atoms with Crippen molar-refractivity contribution in [2.75, 3.05) is 5.75 Å². The molecule has 7 heteroatoms. The Kier molecular flexibility index (Phi) is 4.79. The fraction of sp³-hybridized carbons (Fsp3) is 0.833. The van der Waals surface area contributed by atoms with Crippen molar-refractivity contribution < 1.29 is 4.79 Å². The van der Waals surface area contributed by atoms with E-state index in [9.17, 15) is 4.79 Å². The van der Waals surface area contributed by atoms with Crippen molar-refractivity contribution in [3.63, 3.8) is 0 Å². The lowest BCUT2D eigenvalue weighted by Gasteiger charge is -2.34. The predicted octanol–water partition coefficient (Wildman–Crippen LogP) is 1.24. The van der Waals surface area contributed by atoms with Gasteiger partial charge < -0.3 is 5.32 Å². The van der Waals surface area contributed by atoms with E-state index in [1.54, 1.807) is 11.7 Å². The second-order valence-electron chi connectivity index (χ2n) is 5.32. The molecule has 1 aromatic rings. The van der Waals surface area contributed by atoms with Gasteiger partial charge in [-0.15, -0.1) is 5.10 Å². The number of nitrogens with zero attached hydrogens (tertiary/aromatic N) is 4. The molecule has 2 rings (SSSR count). The molecular formula is C12H21N5OS. The van der Waals surface area contributed by atoms with Crippen molar-refractivity contribution in [3.05, 3.63) is 0 Å². The van der Waals surface area contributed by atoms with Gasteiger partial charge in [0, 0.05) is 13.1 Å². The molecule has 0 unspecified atom stereocenters. The van der Waals surface area contributed by atoms with Gasteiger partial charge in [-0.1, -0.05) is 38.5 Å². The minimum Gasteiger partial charge on any atom is -0.352 e. The molecule has 1 saturated carbocycles. The van der Waals surface area contributed by atoms with Gasteiger partial charge in [0.2, 0.25) is 11.1 Å². The average Bonchev–Trinajstić information content (AvgIpc) is 2.78.